The first kappa shape index (κ1) is 20.9. The highest BCUT2D eigenvalue weighted by molar-refractivity contribution is 5.99. The molecule has 4 aromatic rings. The van der Waals surface area contributed by atoms with E-state index >= 15 is 0 Å². The Morgan fingerprint density at radius 1 is 1.03 bits per heavy atom. The third-order valence-corrected chi connectivity index (χ3v) is 4.79. The molecule has 0 aliphatic heterocycles. The monoisotopic (exact) mass is 428 g/mol. The van der Waals surface area contributed by atoms with Crippen LogP contribution in [-0.4, -0.2) is 25.7 Å². The van der Waals surface area contributed by atoms with Gasteiger partial charge in [-0.1, -0.05) is 36.4 Å². The van der Waals surface area contributed by atoms with Crippen molar-refractivity contribution < 1.29 is 4.79 Å². The summed E-state index contributed by atoms with van der Waals surface area (Å²) in [6.45, 7) is 1.93. The van der Waals surface area contributed by atoms with E-state index in [1.54, 1.807) is 29.2 Å². The SMILES string of the molecule is CC(NC(=O)c1cnc(Nc2cnn(C)c2)nc1Nc1cccc(N)c1)c1ccccc1. The number of anilines is 5. The molecule has 0 saturated carbocycles. The van der Waals surface area contributed by atoms with Crippen molar-refractivity contribution in [3.8, 4) is 0 Å². The maximum Gasteiger partial charge on any atom is 0.257 e. The molecule has 4 rings (SSSR count). The van der Waals surface area contributed by atoms with Gasteiger partial charge >= 0.3 is 0 Å². The zero-order valence-electron chi connectivity index (χ0n) is 17.8. The summed E-state index contributed by atoms with van der Waals surface area (Å²) in [6, 6.07) is 16.8. The Morgan fingerprint density at radius 2 is 1.84 bits per heavy atom. The van der Waals surface area contributed by atoms with Crippen molar-refractivity contribution in [1.82, 2.24) is 25.1 Å². The van der Waals surface area contributed by atoms with Crippen LogP contribution in [-0.2, 0) is 7.05 Å². The molecule has 9 nitrogen and oxygen atoms in total. The number of nitrogens with one attached hydrogen (secondary N) is 3. The molecule has 1 atom stereocenters. The molecule has 2 aromatic carbocycles. The lowest BCUT2D eigenvalue weighted by Crippen LogP contribution is -2.27. The molecule has 0 radical (unpaired) electrons. The van der Waals surface area contributed by atoms with E-state index in [0.29, 0.717) is 28.7 Å². The van der Waals surface area contributed by atoms with Gasteiger partial charge in [0.15, 0.2) is 0 Å². The fourth-order valence-electron chi connectivity index (χ4n) is 3.17. The highest BCUT2D eigenvalue weighted by atomic mass is 16.1. The smallest absolute Gasteiger partial charge is 0.257 e. The third-order valence-electron chi connectivity index (χ3n) is 4.79. The quantitative estimate of drug-likeness (QED) is 0.330. The standard InChI is InChI=1S/C23H24N8O/c1-15(16-7-4-3-5-8-16)27-22(32)20-13-25-23(29-19-12-26-31(2)14-19)30-21(20)28-18-10-6-9-17(24)11-18/h3-15H,24H2,1-2H3,(H,27,32)(H2,25,28,29,30). The first-order valence-electron chi connectivity index (χ1n) is 10.1. The van der Waals surface area contributed by atoms with Crippen molar-refractivity contribution in [2.75, 3.05) is 16.4 Å². The largest absolute Gasteiger partial charge is 0.399 e. The van der Waals surface area contributed by atoms with Gasteiger partial charge in [0.2, 0.25) is 5.95 Å². The van der Waals surface area contributed by atoms with Crippen molar-refractivity contribution in [2.24, 2.45) is 7.05 Å². The fourth-order valence-corrected chi connectivity index (χ4v) is 3.17. The van der Waals surface area contributed by atoms with Gasteiger partial charge in [-0.3, -0.25) is 9.48 Å². The number of nitrogen functional groups attached to an aromatic ring is 1. The maximum absolute atomic E-state index is 13.1. The molecule has 0 bridgehead atoms. The van der Waals surface area contributed by atoms with Crippen LogP contribution in [0.3, 0.4) is 0 Å². The molecule has 2 heterocycles. The summed E-state index contributed by atoms with van der Waals surface area (Å²) in [5, 5.41) is 13.4. The number of hydrogen-bond acceptors (Lipinski definition) is 7. The van der Waals surface area contributed by atoms with Crippen molar-refractivity contribution >= 4 is 34.7 Å². The molecule has 2 aromatic heterocycles. The van der Waals surface area contributed by atoms with Crippen LogP contribution in [0.4, 0.5) is 28.8 Å². The number of hydrogen-bond donors (Lipinski definition) is 4. The molecule has 0 spiro atoms. The molecule has 162 valence electrons. The van der Waals surface area contributed by atoms with Gasteiger partial charge < -0.3 is 21.7 Å². The summed E-state index contributed by atoms with van der Waals surface area (Å²) in [7, 11) is 1.82. The second-order valence-corrected chi connectivity index (χ2v) is 7.34. The molecule has 1 amide bonds. The minimum Gasteiger partial charge on any atom is -0.399 e. The van der Waals surface area contributed by atoms with E-state index in [0.717, 1.165) is 11.3 Å². The Morgan fingerprint density at radius 3 is 2.56 bits per heavy atom. The van der Waals surface area contributed by atoms with Gasteiger partial charge in [0.05, 0.1) is 17.9 Å². The lowest BCUT2D eigenvalue weighted by Gasteiger charge is -2.17. The Bertz CT molecular complexity index is 1220. The Labute approximate surface area is 185 Å². The number of nitrogens with two attached hydrogens (primary N) is 1. The summed E-state index contributed by atoms with van der Waals surface area (Å²) >= 11 is 0. The maximum atomic E-state index is 13.1. The van der Waals surface area contributed by atoms with Gasteiger partial charge in [-0.2, -0.15) is 10.1 Å². The molecule has 5 N–H and O–H groups in total. The number of benzene rings is 2. The van der Waals surface area contributed by atoms with Gasteiger partial charge in [-0.15, -0.1) is 0 Å². The summed E-state index contributed by atoms with van der Waals surface area (Å²) < 4.78 is 1.67. The predicted octanol–water partition coefficient (Wildman–Crippen LogP) is 3.77. The first-order chi connectivity index (χ1) is 15.5. The van der Waals surface area contributed by atoms with Crippen LogP contribution in [0, 0.1) is 0 Å². The summed E-state index contributed by atoms with van der Waals surface area (Å²) in [6.07, 6.45) is 4.96. The minimum absolute atomic E-state index is 0.183. The summed E-state index contributed by atoms with van der Waals surface area (Å²) in [5.74, 6) is 0.396. The Balaban J connectivity index is 1.62. The van der Waals surface area contributed by atoms with E-state index in [1.165, 1.54) is 6.20 Å². The molecule has 1 unspecified atom stereocenters. The van der Waals surface area contributed by atoms with Crippen LogP contribution < -0.4 is 21.7 Å². The van der Waals surface area contributed by atoms with Gasteiger partial charge in [0, 0.05) is 30.8 Å². The van der Waals surface area contributed by atoms with E-state index in [4.69, 9.17) is 5.73 Å². The second-order valence-electron chi connectivity index (χ2n) is 7.34. The van der Waals surface area contributed by atoms with Crippen LogP contribution in [0.5, 0.6) is 0 Å². The van der Waals surface area contributed by atoms with E-state index in [-0.39, 0.29) is 11.9 Å². The summed E-state index contributed by atoms with van der Waals surface area (Å²) in [4.78, 5) is 21.9. The Hall–Kier alpha value is -4.40. The molecular weight excluding hydrogens is 404 g/mol. The number of rotatable bonds is 7. The topological polar surface area (TPSA) is 123 Å². The van der Waals surface area contributed by atoms with Crippen molar-refractivity contribution in [3.05, 3.63) is 84.3 Å². The molecule has 0 fully saturated rings. The van der Waals surface area contributed by atoms with Crippen LogP contribution in [0.2, 0.25) is 0 Å². The molecule has 0 saturated heterocycles. The number of nitrogens with zero attached hydrogens (tertiary/aromatic N) is 4. The predicted molar refractivity (Wildman–Crippen MR) is 125 cm³/mol. The highest BCUT2D eigenvalue weighted by Crippen LogP contribution is 2.23. The van der Waals surface area contributed by atoms with Crippen molar-refractivity contribution in [2.45, 2.75) is 13.0 Å². The molecule has 0 aliphatic rings. The minimum atomic E-state index is -0.291. The van der Waals surface area contributed by atoms with E-state index < -0.39 is 0 Å². The molecule has 0 aliphatic carbocycles. The third kappa shape index (κ3) is 5.01. The fraction of sp³-hybridized carbons (Fsp3) is 0.130. The molecular formula is C23H24N8O. The number of carbonyl (C=O) groups is 1. The lowest BCUT2D eigenvalue weighted by atomic mass is 10.1. The number of aryl methyl sites for hydroxylation is 1. The van der Waals surface area contributed by atoms with Gasteiger partial charge in [-0.25, -0.2) is 4.98 Å². The van der Waals surface area contributed by atoms with Crippen LogP contribution >= 0.6 is 0 Å². The average Bonchev–Trinajstić information content (AvgIpc) is 3.19. The molecule has 9 heteroatoms. The Kier molecular flexibility index (Phi) is 5.98. The van der Waals surface area contributed by atoms with Crippen molar-refractivity contribution in [3.63, 3.8) is 0 Å². The number of aromatic nitrogens is 4. The van der Waals surface area contributed by atoms with Crippen LogP contribution in [0.15, 0.2) is 73.2 Å². The second kappa shape index (κ2) is 9.17. The van der Waals surface area contributed by atoms with Gasteiger partial charge in [0.25, 0.3) is 5.91 Å². The van der Waals surface area contributed by atoms with Crippen LogP contribution in [0.1, 0.15) is 28.9 Å². The molecule has 32 heavy (non-hydrogen) atoms. The first-order valence-corrected chi connectivity index (χ1v) is 10.1. The van der Waals surface area contributed by atoms with E-state index in [2.05, 4.69) is 31.0 Å². The highest BCUT2D eigenvalue weighted by Gasteiger charge is 2.18. The van der Waals surface area contributed by atoms with Gasteiger partial charge in [-0.05, 0) is 30.7 Å². The van der Waals surface area contributed by atoms with Gasteiger partial charge in [0.1, 0.15) is 11.4 Å². The van der Waals surface area contributed by atoms with Crippen LogP contribution in [0.25, 0.3) is 0 Å². The number of carbonyl (C=O) groups excluding carboxylic acids is 1. The van der Waals surface area contributed by atoms with E-state index in [9.17, 15) is 4.79 Å². The van der Waals surface area contributed by atoms with E-state index in [1.807, 2.05) is 56.4 Å². The zero-order chi connectivity index (χ0) is 22.5. The summed E-state index contributed by atoms with van der Waals surface area (Å²) in [5.41, 5.74) is 9.26. The average molecular weight is 429 g/mol. The zero-order valence-corrected chi connectivity index (χ0v) is 17.8. The van der Waals surface area contributed by atoms with Crippen molar-refractivity contribution in [1.29, 1.82) is 0 Å². The normalized spacial score (nSPS) is 11.6. The number of amides is 1. The lowest BCUT2D eigenvalue weighted by molar-refractivity contribution is 0.0940.